The quantitative estimate of drug-likeness (QED) is 0.633. The van der Waals surface area contributed by atoms with E-state index in [2.05, 4.69) is 35.9 Å². The Hall–Kier alpha value is -1.90. The monoisotopic (exact) mass is 304 g/mol. The molecular weight excluding hydrogens is 282 g/mol. The third kappa shape index (κ3) is 5.47. The minimum absolute atomic E-state index is 0.209. The van der Waals surface area contributed by atoms with Gasteiger partial charge in [0, 0.05) is 0 Å². The van der Waals surface area contributed by atoms with E-state index < -0.39 is 6.61 Å². The van der Waals surface area contributed by atoms with Gasteiger partial charge < -0.3 is 4.74 Å². The molecule has 0 saturated heterocycles. The van der Waals surface area contributed by atoms with Gasteiger partial charge in [0.05, 0.1) is 0 Å². The van der Waals surface area contributed by atoms with Crippen molar-refractivity contribution in [2.24, 2.45) is 0 Å². The molecule has 22 heavy (non-hydrogen) atoms. The summed E-state index contributed by atoms with van der Waals surface area (Å²) in [6.07, 6.45) is 5.40. The van der Waals surface area contributed by atoms with E-state index in [9.17, 15) is 8.78 Å². The van der Waals surface area contributed by atoms with Crippen molar-refractivity contribution >= 4 is 0 Å². The minimum atomic E-state index is -2.77. The van der Waals surface area contributed by atoms with Gasteiger partial charge in [-0.05, 0) is 54.5 Å². The summed E-state index contributed by atoms with van der Waals surface area (Å²) in [4.78, 5) is 0. The molecule has 0 aliphatic heterocycles. The number of halogens is 2. The first kappa shape index (κ1) is 16.5. The van der Waals surface area contributed by atoms with Gasteiger partial charge in [-0.1, -0.05) is 49.7 Å². The van der Waals surface area contributed by atoms with Gasteiger partial charge in [-0.2, -0.15) is 8.78 Å². The van der Waals surface area contributed by atoms with Crippen molar-refractivity contribution in [1.29, 1.82) is 0 Å². The summed E-state index contributed by atoms with van der Waals surface area (Å²) in [5.41, 5.74) is 3.84. The van der Waals surface area contributed by atoms with E-state index in [1.165, 1.54) is 24.0 Å². The highest BCUT2D eigenvalue weighted by Crippen LogP contribution is 2.17. The molecule has 0 aromatic heterocycles. The Morgan fingerprint density at radius 3 is 2.14 bits per heavy atom. The van der Waals surface area contributed by atoms with Crippen LogP contribution in [0.25, 0.3) is 0 Å². The van der Waals surface area contributed by atoms with Crippen molar-refractivity contribution in [3.05, 3.63) is 65.2 Å². The van der Waals surface area contributed by atoms with Gasteiger partial charge in [0.1, 0.15) is 5.75 Å². The van der Waals surface area contributed by atoms with Crippen LogP contribution in [0.3, 0.4) is 0 Å². The van der Waals surface area contributed by atoms with Crippen LogP contribution in [0.4, 0.5) is 8.78 Å². The highest BCUT2D eigenvalue weighted by Gasteiger charge is 2.04. The summed E-state index contributed by atoms with van der Waals surface area (Å²) in [5.74, 6) is 0.209. The molecule has 2 aromatic rings. The summed E-state index contributed by atoms with van der Waals surface area (Å²) in [6.45, 7) is -0.567. The molecule has 0 bridgehead atoms. The Kier molecular flexibility index (Phi) is 6.38. The van der Waals surface area contributed by atoms with Crippen molar-refractivity contribution in [3.63, 3.8) is 0 Å². The van der Waals surface area contributed by atoms with Crippen LogP contribution < -0.4 is 4.74 Å². The Labute approximate surface area is 130 Å². The fraction of sp³-hybridized carbons (Fsp3) is 0.368. The van der Waals surface area contributed by atoms with Gasteiger partial charge in [-0.25, -0.2) is 0 Å². The van der Waals surface area contributed by atoms with Gasteiger partial charge in [0.2, 0.25) is 0 Å². The molecule has 0 amide bonds. The van der Waals surface area contributed by atoms with Crippen LogP contribution in [0.2, 0.25) is 0 Å². The summed E-state index contributed by atoms with van der Waals surface area (Å²) in [7, 11) is 0. The number of hydrogen-bond donors (Lipinski definition) is 0. The second-order valence-electron chi connectivity index (χ2n) is 5.45. The lowest BCUT2D eigenvalue weighted by atomic mass is 10.0. The minimum Gasteiger partial charge on any atom is -0.435 e. The van der Waals surface area contributed by atoms with Crippen molar-refractivity contribution < 1.29 is 13.5 Å². The lowest BCUT2D eigenvalue weighted by molar-refractivity contribution is -0.0498. The molecule has 0 N–H and O–H groups in total. The molecule has 118 valence electrons. The first-order valence-electron chi connectivity index (χ1n) is 7.79. The second-order valence-corrected chi connectivity index (χ2v) is 5.45. The SMILES string of the molecule is CCCCc1cccc(CCc2ccc(OC(F)F)cc2)c1. The molecule has 0 aliphatic rings. The first-order valence-corrected chi connectivity index (χ1v) is 7.79. The van der Waals surface area contributed by atoms with Gasteiger partial charge >= 0.3 is 6.61 Å². The predicted molar refractivity (Wildman–Crippen MR) is 85.5 cm³/mol. The van der Waals surface area contributed by atoms with E-state index in [0.29, 0.717) is 0 Å². The average molecular weight is 304 g/mol. The largest absolute Gasteiger partial charge is 0.435 e. The number of rotatable bonds is 8. The number of hydrogen-bond acceptors (Lipinski definition) is 1. The Morgan fingerprint density at radius 2 is 1.50 bits per heavy atom. The summed E-state index contributed by atoms with van der Waals surface area (Å²) < 4.78 is 28.5. The highest BCUT2D eigenvalue weighted by atomic mass is 19.3. The van der Waals surface area contributed by atoms with Crippen LogP contribution >= 0.6 is 0 Å². The van der Waals surface area contributed by atoms with Gasteiger partial charge in [-0.3, -0.25) is 0 Å². The normalized spacial score (nSPS) is 10.9. The zero-order valence-electron chi connectivity index (χ0n) is 12.9. The van der Waals surface area contributed by atoms with Crippen LogP contribution in [0.1, 0.15) is 36.5 Å². The summed E-state index contributed by atoms with van der Waals surface area (Å²) in [6, 6.07) is 15.6. The zero-order chi connectivity index (χ0) is 15.8. The Bertz CT molecular complexity index is 564. The molecule has 1 nitrogen and oxygen atoms in total. The molecule has 0 saturated carbocycles. The summed E-state index contributed by atoms with van der Waals surface area (Å²) in [5, 5.41) is 0. The van der Waals surface area contributed by atoms with E-state index >= 15 is 0 Å². The molecule has 0 fully saturated rings. The fourth-order valence-corrected chi connectivity index (χ4v) is 2.45. The number of benzene rings is 2. The van der Waals surface area contributed by atoms with Crippen LogP contribution in [0.15, 0.2) is 48.5 Å². The molecule has 2 rings (SSSR count). The first-order chi connectivity index (χ1) is 10.7. The van der Waals surface area contributed by atoms with Crippen molar-refractivity contribution in [1.82, 2.24) is 0 Å². The van der Waals surface area contributed by atoms with Crippen molar-refractivity contribution in [2.45, 2.75) is 45.6 Å². The molecule has 0 spiro atoms. The van der Waals surface area contributed by atoms with Crippen LogP contribution in [0.5, 0.6) is 5.75 Å². The number of aryl methyl sites for hydroxylation is 3. The third-order valence-electron chi connectivity index (χ3n) is 3.66. The molecule has 0 atom stereocenters. The fourth-order valence-electron chi connectivity index (χ4n) is 2.45. The Balaban J connectivity index is 1.89. The van der Waals surface area contributed by atoms with Gasteiger partial charge in [0.15, 0.2) is 0 Å². The van der Waals surface area contributed by atoms with Crippen molar-refractivity contribution in [3.8, 4) is 5.75 Å². The molecule has 2 aromatic carbocycles. The lowest BCUT2D eigenvalue weighted by Crippen LogP contribution is -2.01. The molecule has 0 heterocycles. The zero-order valence-corrected chi connectivity index (χ0v) is 12.9. The van der Waals surface area contributed by atoms with E-state index in [1.54, 1.807) is 12.1 Å². The van der Waals surface area contributed by atoms with Crippen LogP contribution in [-0.2, 0) is 19.3 Å². The Morgan fingerprint density at radius 1 is 0.864 bits per heavy atom. The van der Waals surface area contributed by atoms with E-state index in [-0.39, 0.29) is 5.75 Å². The molecule has 3 heteroatoms. The van der Waals surface area contributed by atoms with Gasteiger partial charge in [-0.15, -0.1) is 0 Å². The second kappa shape index (κ2) is 8.52. The van der Waals surface area contributed by atoms with Crippen LogP contribution in [0, 0.1) is 0 Å². The number of unbranched alkanes of at least 4 members (excludes halogenated alkanes) is 1. The smallest absolute Gasteiger partial charge is 0.387 e. The molecule has 0 radical (unpaired) electrons. The van der Waals surface area contributed by atoms with E-state index in [0.717, 1.165) is 24.8 Å². The lowest BCUT2D eigenvalue weighted by Gasteiger charge is -2.07. The number of alkyl halides is 2. The van der Waals surface area contributed by atoms with Crippen molar-refractivity contribution in [2.75, 3.05) is 0 Å². The molecule has 0 unspecified atom stereocenters. The standard InChI is InChI=1S/C19H22F2O/c1-2-3-5-16-6-4-7-17(14-16)9-8-15-10-12-18(13-11-15)22-19(20)21/h4,6-7,10-14,19H,2-3,5,8-9H2,1H3. The number of ether oxygens (including phenoxy) is 1. The predicted octanol–water partition coefficient (Wildman–Crippen LogP) is 5.42. The maximum atomic E-state index is 12.1. The maximum Gasteiger partial charge on any atom is 0.387 e. The topological polar surface area (TPSA) is 9.23 Å². The summed E-state index contributed by atoms with van der Waals surface area (Å²) >= 11 is 0. The van der Waals surface area contributed by atoms with Gasteiger partial charge in [0.25, 0.3) is 0 Å². The highest BCUT2D eigenvalue weighted by molar-refractivity contribution is 5.29. The van der Waals surface area contributed by atoms with E-state index in [1.807, 2.05) is 12.1 Å². The third-order valence-corrected chi connectivity index (χ3v) is 3.66. The molecule has 0 aliphatic carbocycles. The molecular formula is C19H22F2O. The van der Waals surface area contributed by atoms with Crippen LogP contribution in [-0.4, -0.2) is 6.61 Å². The van der Waals surface area contributed by atoms with E-state index in [4.69, 9.17) is 0 Å². The average Bonchev–Trinajstić information content (AvgIpc) is 2.52. The maximum absolute atomic E-state index is 12.1.